The third kappa shape index (κ3) is 5.98. The van der Waals surface area contributed by atoms with Gasteiger partial charge in [0.2, 0.25) is 11.8 Å². The number of likely N-dealkylation sites (tertiary alicyclic amines) is 1. The maximum Gasteiger partial charge on any atom is 0.312 e. The van der Waals surface area contributed by atoms with Gasteiger partial charge in [-0.3, -0.25) is 19.2 Å². The molecule has 3 aliphatic heterocycles. The highest BCUT2D eigenvalue weighted by atomic mass is 79.9. The monoisotopic (exact) mass is 673 g/mol. The van der Waals surface area contributed by atoms with Crippen molar-refractivity contribution in [2.75, 3.05) is 24.6 Å². The molecule has 0 saturated carbocycles. The van der Waals surface area contributed by atoms with Gasteiger partial charge in [0.25, 0.3) is 5.91 Å². The Morgan fingerprint density at radius 1 is 1.27 bits per heavy atom. The average molecular weight is 675 g/mol. The maximum absolute atomic E-state index is 14.8. The number of anilines is 1. The molecule has 3 heterocycles. The van der Waals surface area contributed by atoms with Gasteiger partial charge in [-0.15, -0.1) is 13.2 Å². The van der Waals surface area contributed by atoms with Crippen LogP contribution in [0.1, 0.15) is 50.7 Å². The number of hydrogen-bond donors (Lipinski definition) is 2. The van der Waals surface area contributed by atoms with Crippen molar-refractivity contribution >= 4 is 45.3 Å². The van der Waals surface area contributed by atoms with Crippen LogP contribution in [0, 0.1) is 25.7 Å². The van der Waals surface area contributed by atoms with Crippen molar-refractivity contribution in [2.24, 2.45) is 11.8 Å². The Balaban J connectivity index is 1.70. The minimum Gasteiger partial charge on any atom is -0.460 e. The van der Waals surface area contributed by atoms with Crippen molar-refractivity contribution in [3.05, 3.63) is 54.6 Å². The third-order valence-electron chi connectivity index (χ3n) is 9.08. The number of nitrogens with one attached hydrogen (secondary N) is 1. The number of rotatable bonds is 14. The summed E-state index contributed by atoms with van der Waals surface area (Å²) >= 11 is 3.68. The van der Waals surface area contributed by atoms with Gasteiger partial charge in [0.05, 0.1) is 37.1 Å². The van der Waals surface area contributed by atoms with Crippen molar-refractivity contribution in [2.45, 2.75) is 88.1 Å². The number of aryl methyl sites for hydroxylation is 2. The average Bonchev–Trinajstić information content (AvgIpc) is 3.58. The molecule has 0 aromatic heterocycles. The molecule has 11 heteroatoms. The van der Waals surface area contributed by atoms with Gasteiger partial charge in [0.1, 0.15) is 17.7 Å². The Labute approximate surface area is 267 Å². The highest BCUT2D eigenvalue weighted by molar-refractivity contribution is 9.09. The van der Waals surface area contributed by atoms with Crippen LogP contribution in [0.25, 0.3) is 0 Å². The van der Waals surface area contributed by atoms with Crippen molar-refractivity contribution in [3.63, 3.8) is 0 Å². The van der Waals surface area contributed by atoms with E-state index in [0.29, 0.717) is 19.3 Å². The Hall–Kier alpha value is -3.02. The molecule has 1 unspecified atom stereocenters. The lowest BCUT2D eigenvalue weighted by Crippen LogP contribution is -2.59. The van der Waals surface area contributed by atoms with Crippen LogP contribution in [0.4, 0.5) is 5.69 Å². The number of ether oxygens (including phenoxy) is 2. The number of fused-ring (bicyclic) bond motifs is 1. The molecule has 1 spiro atoms. The number of allylic oxidation sites excluding steroid dienone is 1. The normalized spacial score (nSPS) is 28.3. The second kappa shape index (κ2) is 14.0. The van der Waals surface area contributed by atoms with Crippen molar-refractivity contribution in [1.29, 1.82) is 0 Å². The van der Waals surface area contributed by atoms with Gasteiger partial charge in [-0.1, -0.05) is 53.2 Å². The number of carbonyl (C=O) groups is 4. The van der Waals surface area contributed by atoms with Crippen LogP contribution in [0.15, 0.2) is 43.5 Å². The number of aliphatic hydroxyl groups is 1. The molecule has 2 bridgehead atoms. The molecule has 3 aliphatic rings. The van der Waals surface area contributed by atoms with E-state index >= 15 is 0 Å². The van der Waals surface area contributed by atoms with Gasteiger partial charge in [-0.2, -0.15) is 0 Å². The summed E-state index contributed by atoms with van der Waals surface area (Å²) in [4.78, 5) is 57.8. The van der Waals surface area contributed by atoms with Crippen molar-refractivity contribution < 1.29 is 33.8 Å². The number of hydrogen-bond acceptors (Lipinski definition) is 7. The van der Waals surface area contributed by atoms with Gasteiger partial charge in [0, 0.05) is 23.5 Å². The number of esters is 1. The van der Waals surface area contributed by atoms with Gasteiger partial charge in [-0.25, -0.2) is 0 Å². The smallest absolute Gasteiger partial charge is 0.312 e. The summed E-state index contributed by atoms with van der Waals surface area (Å²) in [5.41, 5.74) is 1.20. The summed E-state index contributed by atoms with van der Waals surface area (Å²) in [6.07, 6.45) is 3.50. The molecule has 1 aromatic carbocycles. The zero-order valence-corrected chi connectivity index (χ0v) is 27.5. The van der Waals surface area contributed by atoms with E-state index in [2.05, 4.69) is 34.4 Å². The molecule has 1 aromatic rings. The van der Waals surface area contributed by atoms with Gasteiger partial charge >= 0.3 is 5.97 Å². The molecule has 3 saturated heterocycles. The Bertz CT molecular complexity index is 1280. The van der Waals surface area contributed by atoms with Gasteiger partial charge in [0.15, 0.2) is 0 Å². The van der Waals surface area contributed by atoms with Gasteiger partial charge < -0.3 is 29.7 Å². The fourth-order valence-electron chi connectivity index (χ4n) is 7.12. The van der Waals surface area contributed by atoms with E-state index < -0.39 is 53.6 Å². The molecular weight excluding hydrogens is 630 g/mol. The Morgan fingerprint density at radius 3 is 2.55 bits per heavy atom. The number of carbonyl (C=O) groups excluding carboxylic acids is 4. The molecule has 240 valence electrons. The lowest BCUT2D eigenvalue weighted by molar-refractivity contribution is -0.159. The molecule has 10 nitrogen and oxygen atoms in total. The number of alkyl halides is 1. The molecule has 4 rings (SSSR count). The fourth-order valence-corrected chi connectivity index (χ4v) is 8.06. The number of para-hydroxylation sites is 1. The largest absolute Gasteiger partial charge is 0.460 e. The summed E-state index contributed by atoms with van der Waals surface area (Å²) in [7, 11) is 0. The minimum absolute atomic E-state index is 0.114. The molecule has 0 aliphatic carbocycles. The Kier molecular flexibility index (Phi) is 10.7. The zero-order chi connectivity index (χ0) is 32.3. The molecule has 0 radical (unpaired) electrons. The van der Waals surface area contributed by atoms with Crippen LogP contribution in [-0.4, -0.2) is 88.1 Å². The zero-order valence-electron chi connectivity index (χ0n) is 26.0. The second-order valence-electron chi connectivity index (χ2n) is 12.0. The highest BCUT2D eigenvalue weighted by Crippen LogP contribution is 2.61. The number of aliphatic hydroxyl groups excluding tert-OH is 1. The number of benzene rings is 1. The van der Waals surface area contributed by atoms with E-state index in [0.717, 1.165) is 16.8 Å². The van der Waals surface area contributed by atoms with Crippen LogP contribution >= 0.6 is 15.9 Å². The first-order valence-electron chi connectivity index (χ1n) is 15.3. The lowest BCUT2D eigenvalue weighted by atomic mass is 9.70. The van der Waals surface area contributed by atoms with E-state index in [1.165, 1.54) is 4.90 Å². The predicted octanol–water partition coefficient (Wildman–Crippen LogP) is 3.36. The van der Waals surface area contributed by atoms with Crippen LogP contribution in [0.2, 0.25) is 0 Å². The number of nitrogens with zero attached hydrogens (tertiary/aromatic N) is 2. The quantitative estimate of drug-likeness (QED) is 0.176. The molecule has 3 fully saturated rings. The van der Waals surface area contributed by atoms with Crippen LogP contribution < -0.4 is 10.2 Å². The lowest BCUT2D eigenvalue weighted by Gasteiger charge is -2.39. The van der Waals surface area contributed by atoms with Gasteiger partial charge in [-0.05, 0) is 51.2 Å². The molecule has 2 N–H and O–H groups in total. The first kappa shape index (κ1) is 33.9. The summed E-state index contributed by atoms with van der Waals surface area (Å²) in [6.45, 7) is 14.8. The summed E-state index contributed by atoms with van der Waals surface area (Å²) in [6, 6.07) is 4.03. The van der Waals surface area contributed by atoms with Crippen LogP contribution in [0.5, 0.6) is 0 Å². The summed E-state index contributed by atoms with van der Waals surface area (Å²) in [5.74, 6) is -3.49. The first-order valence-corrected chi connectivity index (χ1v) is 16.2. The SMILES string of the molecule is C=CCCC(=O)NC[C@@H](C)OC(=O)[C@H]1[C@@H]2O[C@@]3(CC2Br)[C@@H]1C(=O)N([C@@H](CC)CO)[C@@H]3C(=O)N(CC=C)c1c(C)cccc1C. The van der Waals surface area contributed by atoms with E-state index in [1.54, 1.807) is 24.0 Å². The predicted molar refractivity (Wildman–Crippen MR) is 170 cm³/mol. The standard InChI is InChI=1S/C33H44BrN3O7/c1-7-10-14-24(39)35-17-21(6)43-32(42)25-26-30(40)37(22(9-3)18-38)29(33(26)16-23(34)28(25)44-33)31(41)36(15-8-2)27-19(4)12-11-13-20(27)5/h7-8,11-13,21-23,25-26,28-29,38H,1-2,9-10,14-18H2,3-6H3,(H,35,39)/t21-,22+,23?,25-,26+,28-,29-,33+/m1/s1. The molecular formula is C33H44BrN3O7. The molecule has 44 heavy (non-hydrogen) atoms. The van der Waals surface area contributed by atoms with Crippen LogP contribution in [0.3, 0.4) is 0 Å². The van der Waals surface area contributed by atoms with E-state index in [-0.39, 0.29) is 42.8 Å². The third-order valence-corrected chi connectivity index (χ3v) is 9.92. The fraction of sp³-hybridized carbons (Fsp3) is 0.576. The van der Waals surface area contributed by atoms with E-state index in [9.17, 15) is 24.3 Å². The Morgan fingerprint density at radius 2 is 1.95 bits per heavy atom. The topological polar surface area (TPSA) is 125 Å². The van der Waals surface area contributed by atoms with Crippen molar-refractivity contribution in [1.82, 2.24) is 10.2 Å². The summed E-state index contributed by atoms with van der Waals surface area (Å²) in [5, 5.41) is 13.1. The number of amides is 3. The maximum atomic E-state index is 14.8. The second-order valence-corrected chi connectivity index (χ2v) is 13.2. The minimum atomic E-state index is -1.31. The molecule has 8 atom stereocenters. The van der Waals surface area contributed by atoms with E-state index in [1.807, 2.05) is 39.0 Å². The van der Waals surface area contributed by atoms with E-state index in [4.69, 9.17) is 9.47 Å². The number of halogens is 1. The van der Waals surface area contributed by atoms with Crippen molar-refractivity contribution in [3.8, 4) is 0 Å². The summed E-state index contributed by atoms with van der Waals surface area (Å²) < 4.78 is 12.4. The van der Waals surface area contributed by atoms with Crippen LogP contribution in [-0.2, 0) is 28.7 Å². The first-order chi connectivity index (χ1) is 21.0. The molecule has 3 amide bonds. The highest BCUT2D eigenvalue weighted by Gasteiger charge is 2.77.